The third-order valence-electron chi connectivity index (χ3n) is 3.63. The van der Waals surface area contributed by atoms with Crippen LogP contribution in [0.25, 0.3) is 0 Å². The van der Waals surface area contributed by atoms with E-state index in [4.69, 9.17) is 11.2 Å². The van der Waals surface area contributed by atoms with Gasteiger partial charge in [0.1, 0.15) is 6.61 Å². The maximum atomic E-state index is 12.9. The number of ketones is 1. The van der Waals surface area contributed by atoms with Crippen LogP contribution in [0.2, 0.25) is 0 Å². The lowest BCUT2D eigenvalue weighted by Gasteiger charge is -2.28. The number of carbonyl (C=O) groups is 1. The molecule has 1 atom stereocenters. The average molecular weight is 373 g/mol. The van der Waals surface area contributed by atoms with Gasteiger partial charge in [0, 0.05) is 6.61 Å². The number of halogens is 3. The maximum Gasteiger partial charge on any atom is 0.330 e. The zero-order chi connectivity index (χ0) is 16.8. The minimum absolute atomic E-state index is 0.0228. The van der Waals surface area contributed by atoms with Crippen molar-refractivity contribution < 1.29 is 18.3 Å². The first-order chi connectivity index (χ1) is 10.2. The van der Waals surface area contributed by atoms with Crippen molar-refractivity contribution >= 4 is 21.7 Å². The third-order valence-corrected chi connectivity index (χ3v) is 4.14. The summed E-state index contributed by atoms with van der Waals surface area (Å²) in [6, 6.07) is 7.60. The molecule has 0 heterocycles. The first kappa shape index (κ1) is 18.8. The fourth-order valence-corrected chi connectivity index (χ4v) is 2.72. The lowest BCUT2D eigenvalue weighted by atomic mass is 9.76. The first-order valence-electron chi connectivity index (χ1n) is 6.85. The lowest BCUT2D eigenvalue weighted by molar-refractivity contribution is -0.122. The van der Waals surface area contributed by atoms with Crippen molar-refractivity contribution in [3.63, 3.8) is 0 Å². The van der Waals surface area contributed by atoms with E-state index < -0.39 is 17.9 Å². The Morgan fingerprint density at radius 2 is 2.14 bits per heavy atom. The summed E-state index contributed by atoms with van der Waals surface area (Å²) in [7, 11) is 0. The summed E-state index contributed by atoms with van der Waals surface area (Å²) >= 11 is 3.18. The number of carbonyl (C=O) groups excluding carboxylic acids is 1. The molecule has 0 fully saturated rings. The molecule has 0 bridgehead atoms. The van der Waals surface area contributed by atoms with Crippen molar-refractivity contribution in [3.8, 4) is 12.3 Å². The van der Waals surface area contributed by atoms with Crippen LogP contribution in [-0.2, 0) is 14.9 Å². The average Bonchev–Trinajstić information content (AvgIpc) is 2.50. The molecule has 0 amide bonds. The predicted molar refractivity (Wildman–Crippen MR) is 86.5 cm³/mol. The van der Waals surface area contributed by atoms with Gasteiger partial charge in [-0.05, 0) is 31.8 Å². The molecule has 1 aromatic rings. The van der Waals surface area contributed by atoms with Crippen molar-refractivity contribution in [3.05, 3.63) is 35.4 Å². The Labute approximate surface area is 138 Å². The van der Waals surface area contributed by atoms with Crippen molar-refractivity contribution in [1.82, 2.24) is 0 Å². The van der Waals surface area contributed by atoms with Crippen molar-refractivity contribution in [2.45, 2.75) is 31.6 Å². The van der Waals surface area contributed by atoms with Crippen LogP contribution in [0, 0.1) is 19.3 Å². The van der Waals surface area contributed by atoms with Gasteiger partial charge in [0.05, 0.1) is 10.7 Å². The maximum absolute atomic E-state index is 12.9. The number of alkyl halides is 3. The fourth-order valence-electron chi connectivity index (χ4n) is 2.10. The highest BCUT2D eigenvalue weighted by Crippen LogP contribution is 2.30. The van der Waals surface area contributed by atoms with E-state index in [9.17, 15) is 13.6 Å². The lowest BCUT2D eigenvalue weighted by Crippen LogP contribution is -2.35. The Morgan fingerprint density at radius 3 is 2.68 bits per heavy atom. The van der Waals surface area contributed by atoms with Crippen LogP contribution in [0.1, 0.15) is 24.5 Å². The van der Waals surface area contributed by atoms with Crippen LogP contribution in [0.15, 0.2) is 24.3 Å². The molecular formula is C17H19BrF2O2. The molecule has 0 N–H and O–H groups in total. The summed E-state index contributed by atoms with van der Waals surface area (Å²) in [4.78, 5) is 12.3. The van der Waals surface area contributed by atoms with Crippen molar-refractivity contribution in [1.29, 1.82) is 0 Å². The first-order valence-corrected chi connectivity index (χ1v) is 7.97. The van der Waals surface area contributed by atoms with Gasteiger partial charge in [-0.15, -0.1) is 6.42 Å². The highest BCUT2D eigenvalue weighted by molar-refractivity contribution is 9.09. The van der Waals surface area contributed by atoms with E-state index in [-0.39, 0.29) is 17.7 Å². The second-order valence-electron chi connectivity index (χ2n) is 5.41. The number of terminal acetylenes is 1. The molecule has 120 valence electrons. The van der Waals surface area contributed by atoms with Crippen LogP contribution in [0.5, 0.6) is 0 Å². The zero-order valence-electron chi connectivity index (χ0n) is 12.7. The van der Waals surface area contributed by atoms with E-state index in [1.165, 1.54) is 5.92 Å². The molecule has 0 aliphatic heterocycles. The van der Waals surface area contributed by atoms with Gasteiger partial charge >= 0.3 is 5.92 Å². The minimum atomic E-state index is -3.28. The van der Waals surface area contributed by atoms with E-state index in [2.05, 4.69) is 15.9 Å². The predicted octanol–water partition coefficient (Wildman–Crippen LogP) is 3.89. The van der Waals surface area contributed by atoms with Gasteiger partial charge in [-0.1, -0.05) is 45.8 Å². The van der Waals surface area contributed by atoms with Gasteiger partial charge in [-0.3, -0.25) is 4.79 Å². The van der Waals surface area contributed by atoms with Crippen LogP contribution in [0.3, 0.4) is 0 Å². The van der Waals surface area contributed by atoms with Gasteiger partial charge in [-0.2, -0.15) is 8.78 Å². The SMILES string of the molecule is C#CC(F)(F)COCCC(C)(C(=O)CBr)c1cccc(C)c1. The molecule has 1 rings (SSSR count). The Morgan fingerprint density at radius 1 is 1.45 bits per heavy atom. The summed E-state index contributed by atoms with van der Waals surface area (Å²) < 4.78 is 30.8. The molecule has 1 unspecified atom stereocenters. The molecule has 1 aromatic carbocycles. The molecule has 22 heavy (non-hydrogen) atoms. The Kier molecular flexibility index (Phi) is 6.70. The van der Waals surface area contributed by atoms with E-state index in [1.54, 1.807) is 6.92 Å². The molecule has 0 aliphatic rings. The number of rotatable bonds is 8. The molecule has 0 spiro atoms. The molecule has 0 aromatic heterocycles. The summed E-state index contributed by atoms with van der Waals surface area (Å²) in [5.41, 5.74) is 1.09. The van der Waals surface area contributed by atoms with Crippen molar-refractivity contribution in [2.24, 2.45) is 0 Å². The largest absolute Gasteiger partial charge is 0.374 e. The molecule has 0 aliphatic carbocycles. The standard InChI is InChI=1S/C17H19BrF2O2/c1-4-17(19,20)12-22-9-8-16(3,15(21)11-18)14-7-5-6-13(2)10-14/h1,5-7,10H,8-9,11-12H2,2-3H3. The monoisotopic (exact) mass is 372 g/mol. The number of hydrogen-bond donors (Lipinski definition) is 0. The van der Waals surface area contributed by atoms with Crippen LogP contribution in [-0.4, -0.2) is 30.2 Å². The fraction of sp³-hybridized carbons (Fsp3) is 0.471. The number of hydrogen-bond acceptors (Lipinski definition) is 2. The zero-order valence-corrected chi connectivity index (χ0v) is 14.3. The smallest absolute Gasteiger partial charge is 0.330 e. The van der Waals surface area contributed by atoms with Gasteiger partial charge in [0.25, 0.3) is 0 Å². The van der Waals surface area contributed by atoms with E-state index in [1.807, 2.05) is 31.2 Å². The molecule has 2 nitrogen and oxygen atoms in total. The molecular weight excluding hydrogens is 354 g/mol. The Bertz CT molecular complexity index is 566. The van der Waals surface area contributed by atoms with Gasteiger partial charge in [0.15, 0.2) is 5.78 Å². The summed E-state index contributed by atoms with van der Waals surface area (Å²) in [6.07, 6.45) is 5.02. The second kappa shape index (κ2) is 7.85. The minimum Gasteiger partial charge on any atom is -0.374 e. The highest BCUT2D eigenvalue weighted by atomic mass is 79.9. The van der Waals surface area contributed by atoms with Crippen LogP contribution >= 0.6 is 15.9 Å². The number of benzene rings is 1. The summed E-state index contributed by atoms with van der Waals surface area (Å²) in [5.74, 6) is -1.92. The third kappa shape index (κ3) is 4.89. The molecule has 0 radical (unpaired) electrons. The quantitative estimate of drug-likeness (QED) is 0.393. The van der Waals surface area contributed by atoms with Gasteiger partial charge in [-0.25, -0.2) is 0 Å². The highest BCUT2D eigenvalue weighted by Gasteiger charge is 2.34. The second-order valence-corrected chi connectivity index (χ2v) is 5.97. The number of Topliss-reactive ketones (excluding diaryl/α,β-unsaturated/α-hetero) is 1. The summed E-state index contributed by atoms with van der Waals surface area (Å²) in [6.45, 7) is 2.93. The molecule has 0 saturated carbocycles. The van der Waals surface area contributed by atoms with E-state index in [0.29, 0.717) is 6.42 Å². The van der Waals surface area contributed by atoms with E-state index >= 15 is 0 Å². The van der Waals surface area contributed by atoms with Crippen LogP contribution in [0.4, 0.5) is 8.78 Å². The molecule has 0 saturated heterocycles. The van der Waals surface area contributed by atoms with Crippen LogP contribution < -0.4 is 0 Å². The molecule has 5 heteroatoms. The van der Waals surface area contributed by atoms with Gasteiger partial charge in [0.2, 0.25) is 0 Å². The summed E-state index contributed by atoms with van der Waals surface area (Å²) in [5, 5.41) is 0.192. The van der Waals surface area contributed by atoms with E-state index in [0.717, 1.165) is 11.1 Å². The Hall–Kier alpha value is -1.25. The Balaban J connectivity index is 2.82. The van der Waals surface area contributed by atoms with Gasteiger partial charge < -0.3 is 4.74 Å². The number of ether oxygens (including phenoxy) is 1. The number of aryl methyl sites for hydroxylation is 1. The topological polar surface area (TPSA) is 26.3 Å². The van der Waals surface area contributed by atoms with Crippen molar-refractivity contribution in [2.75, 3.05) is 18.5 Å². The normalized spacial score (nSPS) is 14.2.